The van der Waals surface area contributed by atoms with Gasteiger partial charge in [-0.25, -0.2) is 10.0 Å². The topological polar surface area (TPSA) is 43.2 Å². The first-order valence-corrected chi connectivity index (χ1v) is 10.6. The van der Waals surface area contributed by atoms with Crippen molar-refractivity contribution in [3.63, 3.8) is 0 Å². The number of aryl methyl sites for hydroxylation is 2. The number of nitrogens with zero attached hydrogens (tertiary/aromatic N) is 4. The van der Waals surface area contributed by atoms with E-state index in [-0.39, 0.29) is 0 Å². The van der Waals surface area contributed by atoms with Gasteiger partial charge in [-0.1, -0.05) is 62.4 Å². The molecule has 0 aliphatic carbocycles. The van der Waals surface area contributed by atoms with Gasteiger partial charge in [0.05, 0.1) is 12.3 Å². The smallest absolute Gasteiger partial charge is 0.253 e. The largest absolute Gasteiger partial charge is 0.275 e. The van der Waals surface area contributed by atoms with Crippen molar-refractivity contribution in [3.05, 3.63) is 76.3 Å². The molecule has 0 aliphatic rings. The minimum absolute atomic E-state index is 0.482. The van der Waals surface area contributed by atoms with Crippen molar-refractivity contribution >= 4 is 18.2 Å². The Hall–Kier alpha value is -2.57. The highest BCUT2D eigenvalue weighted by molar-refractivity contribution is 7.71. The Morgan fingerprint density at radius 3 is 2.24 bits per heavy atom. The molecule has 0 saturated heterocycles. The van der Waals surface area contributed by atoms with E-state index in [0.29, 0.717) is 23.9 Å². The molecule has 0 bridgehead atoms. The van der Waals surface area contributed by atoms with E-state index in [4.69, 9.17) is 17.1 Å². The summed E-state index contributed by atoms with van der Waals surface area (Å²) in [7, 11) is 0. The predicted octanol–water partition coefficient (Wildman–Crippen LogP) is 5.12. The molecule has 0 saturated carbocycles. The molecule has 3 rings (SSSR count). The number of aromatic nitrogens is 3. The van der Waals surface area contributed by atoms with Crippen molar-refractivity contribution in [2.24, 2.45) is 0 Å². The van der Waals surface area contributed by atoms with Crippen LogP contribution in [0.1, 0.15) is 37.5 Å². The Kier molecular flexibility index (Phi) is 7.49. The standard InChI is InChI=1S/C23H28N4OS/c1-4-19-13-10-14-20(5-2)21(19)26-17-24-22(25-23(26)29)27(6-3)28-16-15-18-11-8-7-9-12-18/h7-14,17H,4-6,15-16H2,1-3H3. The lowest BCUT2D eigenvalue weighted by Crippen LogP contribution is -2.27. The summed E-state index contributed by atoms with van der Waals surface area (Å²) in [5.41, 5.74) is 4.82. The third-order valence-electron chi connectivity index (χ3n) is 4.89. The van der Waals surface area contributed by atoms with E-state index >= 15 is 0 Å². The second-order valence-corrected chi connectivity index (χ2v) is 7.07. The van der Waals surface area contributed by atoms with Gasteiger partial charge in [-0.15, -0.1) is 0 Å². The van der Waals surface area contributed by atoms with Crippen LogP contribution in [0.2, 0.25) is 0 Å². The van der Waals surface area contributed by atoms with Crippen LogP contribution in [0.3, 0.4) is 0 Å². The summed E-state index contributed by atoms with van der Waals surface area (Å²) in [6.45, 7) is 7.51. The Bertz CT molecular complexity index is 965. The maximum Gasteiger partial charge on any atom is 0.253 e. The first kappa shape index (κ1) is 21.1. The SMILES string of the molecule is CCc1cccc(CC)c1-n1cnc(N(CC)OCCc2ccccc2)nc1=S. The van der Waals surface area contributed by atoms with E-state index in [2.05, 4.69) is 54.1 Å². The molecular formula is C23H28N4OS. The Morgan fingerprint density at radius 1 is 0.966 bits per heavy atom. The number of rotatable bonds is 9. The van der Waals surface area contributed by atoms with Crippen LogP contribution in [-0.4, -0.2) is 27.7 Å². The first-order valence-electron chi connectivity index (χ1n) is 10.2. The Balaban J connectivity index is 1.80. The molecule has 3 aromatic rings. The normalized spacial score (nSPS) is 10.9. The molecule has 0 atom stereocenters. The monoisotopic (exact) mass is 408 g/mol. The highest BCUT2D eigenvalue weighted by Gasteiger charge is 2.13. The van der Waals surface area contributed by atoms with E-state index in [1.807, 2.05) is 29.7 Å². The minimum Gasteiger partial charge on any atom is -0.275 e. The van der Waals surface area contributed by atoms with Crippen molar-refractivity contribution < 1.29 is 4.84 Å². The molecule has 1 heterocycles. The third-order valence-corrected chi connectivity index (χ3v) is 5.18. The lowest BCUT2D eigenvalue weighted by molar-refractivity contribution is 0.109. The zero-order valence-corrected chi connectivity index (χ0v) is 18.2. The van der Waals surface area contributed by atoms with Gasteiger partial charge in [0.1, 0.15) is 6.33 Å². The van der Waals surface area contributed by atoms with Crippen LogP contribution in [0.5, 0.6) is 0 Å². The molecule has 0 N–H and O–H groups in total. The minimum atomic E-state index is 0.482. The number of hydrogen-bond acceptors (Lipinski definition) is 5. The molecule has 6 heteroatoms. The molecule has 0 aliphatic heterocycles. The van der Waals surface area contributed by atoms with Crippen molar-refractivity contribution in [3.8, 4) is 5.69 Å². The fraction of sp³-hybridized carbons (Fsp3) is 0.348. The second kappa shape index (κ2) is 10.3. The molecule has 2 aromatic carbocycles. The van der Waals surface area contributed by atoms with E-state index < -0.39 is 0 Å². The van der Waals surface area contributed by atoms with Gasteiger partial charge in [0.15, 0.2) is 0 Å². The van der Waals surface area contributed by atoms with Gasteiger partial charge in [-0.2, -0.15) is 4.98 Å². The molecule has 0 unspecified atom stereocenters. The average molecular weight is 409 g/mol. The highest BCUT2D eigenvalue weighted by Crippen LogP contribution is 2.22. The van der Waals surface area contributed by atoms with Crippen molar-refractivity contribution in [2.45, 2.75) is 40.0 Å². The van der Waals surface area contributed by atoms with Crippen molar-refractivity contribution in [1.29, 1.82) is 0 Å². The lowest BCUT2D eigenvalue weighted by atomic mass is 10.0. The molecule has 152 valence electrons. The fourth-order valence-electron chi connectivity index (χ4n) is 3.33. The first-order chi connectivity index (χ1) is 14.2. The summed E-state index contributed by atoms with van der Waals surface area (Å²) >= 11 is 5.62. The van der Waals surface area contributed by atoms with Crippen LogP contribution in [0.25, 0.3) is 5.69 Å². The van der Waals surface area contributed by atoms with Crippen molar-refractivity contribution in [1.82, 2.24) is 14.5 Å². The number of para-hydroxylation sites is 1. The Morgan fingerprint density at radius 2 is 1.66 bits per heavy atom. The number of anilines is 1. The molecule has 0 radical (unpaired) electrons. The predicted molar refractivity (Wildman–Crippen MR) is 120 cm³/mol. The van der Waals surface area contributed by atoms with Gasteiger partial charge in [0.25, 0.3) is 5.95 Å². The summed E-state index contributed by atoms with van der Waals surface area (Å²) in [5.74, 6) is 0.494. The van der Waals surface area contributed by atoms with E-state index in [9.17, 15) is 0 Å². The van der Waals surface area contributed by atoms with Gasteiger partial charge in [-0.05, 0) is 55.1 Å². The van der Waals surface area contributed by atoms with Crippen molar-refractivity contribution in [2.75, 3.05) is 18.2 Å². The Labute approximate surface area is 178 Å². The molecule has 0 amide bonds. The van der Waals surface area contributed by atoms with Gasteiger partial charge in [0, 0.05) is 6.54 Å². The molecule has 1 aromatic heterocycles. The van der Waals surface area contributed by atoms with Crippen LogP contribution < -0.4 is 5.06 Å². The lowest BCUT2D eigenvalue weighted by Gasteiger charge is -2.21. The van der Waals surface area contributed by atoms with Gasteiger partial charge < -0.3 is 0 Å². The van der Waals surface area contributed by atoms with E-state index in [1.54, 1.807) is 11.4 Å². The second-order valence-electron chi connectivity index (χ2n) is 6.70. The summed E-state index contributed by atoms with van der Waals surface area (Å²) in [5, 5.41) is 1.70. The molecule has 0 fully saturated rings. The quantitative estimate of drug-likeness (QED) is 0.363. The molecule has 0 spiro atoms. The van der Waals surface area contributed by atoms with E-state index in [1.165, 1.54) is 16.7 Å². The summed E-state index contributed by atoms with van der Waals surface area (Å²) in [6.07, 6.45) is 4.45. The number of benzene rings is 2. The molecular weight excluding hydrogens is 380 g/mol. The van der Waals surface area contributed by atoms with Crippen LogP contribution in [0, 0.1) is 4.77 Å². The van der Waals surface area contributed by atoms with Gasteiger partial charge in [-0.3, -0.25) is 9.40 Å². The number of hydroxylamine groups is 1. The van der Waals surface area contributed by atoms with Crippen LogP contribution in [-0.2, 0) is 24.1 Å². The van der Waals surface area contributed by atoms with Crippen LogP contribution >= 0.6 is 12.2 Å². The number of hydrogen-bond donors (Lipinski definition) is 0. The van der Waals surface area contributed by atoms with Gasteiger partial charge >= 0.3 is 0 Å². The summed E-state index contributed by atoms with van der Waals surface area (Å²) in [6, 6.07) is 16.6. The molecule has 29 heavy (non-hydrogen) atoms. The summed E-state index contributed by atoms with van der Waals surface area (Å²) in [4.78, 5) is 15.0. The zero-order chi connectivity index (χ0) is 20.6. The maximum atomic E-state index is 5.92. The molecule has 5 nitrogen and oxygen atoms in total. The summed E-state index contributed by atoms with van der Waals surface area (Å²) < 4.78 is 2.39. The highest BCUT2D eigenvalue weighted by atomic mass is 32.1. The maximum absolute atomic E-state index is 5.92. The van der Waals surface area contributed by atoms with Crippen LogP contribution in [0.4, 0.5) is 5.95 Å². The van der Waals surface area contributed by atoms with Gasteiger partial charge in [0.2, 0.25) is 4.77 Å². The fourth-order valence-corrected chi connectivity index (χ4v) is 3.55. The third kappa shape index (κ3) is 5.08. The average Bonchev–Trinajstić information content (AvgIpc) is 2.77. The van der Waals surface area contributed by atoms with E-state index in [0.717, 1.165) is 24.9 Å². The van der Waals surface area contributed by atoms with Crippen LogP contribution in [0.15, 0.2) is 54.9 Å². The zero-order valence-electron chi connectivity index (χ0n) is 17.3.